The Morgan fingerprint density at radius 1 is 1.04 bits per heavy atom. The van der Waals surface area contributed by atoms with Gasteiger partial charge in [-0.15, -0.1) is 0 Å². The van der Waals surface area contributed by atoms with Gasteiger partial charge < -0.3 is 10.3 Å². The molecule has 0 spiro atoms. The van der Waals surface area contributed by atoms with Crippen molar-refractivity contribution >= 4 is 27.7 Å². The van der Waals surface area contributed by atoms with Gasteiger partial charge in [-0.1, -0.05) is 36.4 Å². The van der Waals surface area contributed by atoms with Crippen molar-refractivity contribution in [2.45, 2.75) is 12.7 Å². The van der Waals surface area contributed by atoms with Crippen LogP contribution in [-0.2, 0) is 12.7 Å². The van der Waals surface area contributed by atoms with E-state index in [9.17, 15) is 18.0 Å². The van der Waals surface area contributed by atoms with Crippen LogP contribution in [-0.4, -0.2) is 10.5 Å². The van der Waals surface area contributed by atoms with E-state index in [0.29, 0.717) is 28.4 Å². The number of hydrogen-bond donors (Lipinski definition) is 1. The van der Waals surface area contributed by atoms with Crippen molar-refractivity contribution in [1.82, 2.24) is 4.57 Å². The van der Waals surface area contributed by atoms with Crippen LogP contribution < -0.4 is 5.73 Å². The maximum atomic E-state index is 13.2. The molecule has 0 unspecified atom stereocenters. The lowest BCUT2D eigenvalue weighted by Gasteiger charge is -2.10. The molecule has 2 N–H and O–H groups in total. The Hall–Kier alpha value is -3.28. The maximum absolute atomic E-state index is 13.2. The highest BCUT2D eigenvalue weighted by Crippen LogP contribution is 2.36. The van der Waals surface area contributed by atoms with Crippen molar-refractivity contribution in [3.8, 4) is 0 Å². The van der Waals surface area contributed by atoms with Crippen molar-refractivity contribution in [3.05, 3.63) is 83.4 Å². The van der Waals surface area contributed by atoms with Crippen LogP contribution in [0.1, 0.15) is 21.5 Å². The van der Waals surface area contributed by atoms with E-state index >= 15 is 0 Å². The summed E-state index contributed by atoms with van der Waals surface area (Å²) in [6.45, 7) is 0.359. The number of alkyl halides is 3. The monoisotopic (exact) mass is 367 g/mol. The lowest BCUT2D eigenvalue weighted by atomic mass is 10.0. The number of fused-ring (bicyclic) bond motifs is 3. The number of nitrogens with two attached hydrogens (primary N) is 1. The van der Waals surface area contributed by atoms with E-state index in [1.165, 1.54) is 0 Å². The van der Waals surface area contributed by atoms with Crippen LogP contribution >= 0.6 is 0 Å². The van der Waals surface area contributed by atoms with Crippen LogP contribution in [0.15, 0.2) is 60.7 Å². The Morgan fingerprint density at radius 3 is 2.44 bits per heavy atom. The van der Waals surface area contributed by atoms with E-state index < -0.39 is 17.6 Å². The number of benzene rings is 3. The number of nitrogens with zero attached hydrogens (tertiary/aromatic N) is 1. The van der Waals surface area contributed by atoms with Gasteiger partial charge in [0.25, 0.3) is 0 Å². The van der Waals surface area contributed by atoms with Crippen LogP contribution in [0.4, 0.5) is 13.2 Å². The molecule has 1 amide bonds. The number of aromatic nitrogens is 1. The van der Waals surface area contributed by atoms with Gasteiger partial charge in [-0.3, -0.25) is 4.79 Å². The minimum atomic E-state index is -4.48. The molecule has 1 radical (unpaired) electrons. The summed E-state index contributed by atoms with van der Waals surface area (Å²) in [5.41, 5.74) is 6.90. The molecule has 0 atom stereocenters. The van der Waals surface area contributed by atoms with Gasteiger partial charge >= 0.3 is 6.18 Å². The van der Waals surface area contributed by atoms with E-state index in [1.54, 1.807) is 22.8 Å². The molecule has 3 nitrogen and oxygen atoms in total. The summed E-state index contributed by atoms with van der Waals surface area (Å²) >= 11 is 0. The molecule has 6 heteroatoms. The van der Waals surface area contributed by atoms with Crippen molar-refractivity contribution in [1.29, 1.82) is 0 Å². The number of halogens is 3. The Labute approximate surface area is 152 Å². The summed E-state index contributed by atoms with van der Waals surface area (Å²) in [7, 11) is 0. The van der Waals surface area contributed by atoms with Crippen molar-refractivity contribution in [2.24, 2.45) is 5.73 Å². The summed E-state index contributed by atoms with van der Waals surface area (Å²) in [6, 6.07) is 19.1. The molecule has 0 aliphatic carbocycles. The number of rotatable bonds is 3. The standard InChI is InChI=1S/C21H14F3N2O/c22-21(23,24)14-9-10-15-18(11-14)26(12-13-5-2-1-3-6-13)17-8-4-7-16(19(15)17)20(25)27/h1-9,11H,12H2,(H2,25,27). The smallest absolute Gasteiger partial charge is 0.366 e. The quantitative estimate of drug-likeness (QED) is 0.558. The number of amides is 1. The van der Waals surface area contributed by atoms with Gasteiger partial charge in [-0.05, 0) is 35.9 Å². The van der Waals surface area contributed by atoms with E-state index in [1.807, 2.05) is 30.3 Å². The molecule has 0 saturated carbocycles. The molecule has 3 aromatic carbocycles. The molecule has 0 bridgehead atoms. The summed E-state index contributed by atoms with van der Waals surface area (Å²) in [5.74, 6) is -0.632. The summed E-state index contributed by atoms with van der Waals surface area (Å²) in [6.07, 6.45) is -4.48. The van der Waals surface area contributed by atoms with Gasteiger partial charge in [-0.25, -0.2) is 0 Å². The van der Waals surface area contributed by atoms with Crippen LogP contribution in [0.2, 0.25) is 0 Å². The SMILES string of the molecule is NC(=O)c1cccc2c1c1[c]cc(C(F)(F)F)cc1n2Cc1ccccc1. The molecule has 0 fully saturated rings. The number of primary amides is 1. The number of hydrogen-bond acceptors (Lipinski definition) is 1. The second kappa shape index (κ2) is 6.16. The van der Waals surface area contributed by atoms with Crippen LogP contribution in [0, 0.1) is 6.07 Å². The van der Waals surface area contributed by atoms with Gasteiger partial charge in [0.05, 0.1) is 16.6 Å². The second-order valence-electron chi connectivity index (χ2n) is 6.28. The van der Waals surface area contributed by atoms with Gasteiger partial charge in [0, 0.05) is 22.9 Å². The third-order valence-electron chi connectivity index (χ3n) is 4.57. The van der Waals surface area contributed by atoms with Crippen molar-refractivity contribution in [3.63, 3.8) is 0 Å². The molecule has 0 aliphatic rings. The van der Waals surface area contributed by atoms with Crippen molar-refractivity contribution < 1.29 is 18.0 Å². The maximum Gasteiger partial charge on any atom is 0.416 e. The Morgan fingerprint density at radius 2 is 1.78 bits per heavy atom. The summed E-state index contributed by atoms with van der Waals surface area (Å²) < 4.78 is 41.5. The normalized spacial score (nSPS) is 12.0. The zero-order valence-electron chi connectivity index (χ0n) is 14.0. The Kier molecular flexibility index (Phi) is 3.91. The number of carbonyl (C=O) groups is 1. The van der Waals surface area contributed by atoms with Gasteiger partial charge in [0.1, 0.15) is 0 Å². The minimum absolute atomic E-state index is 0.264. The van der Waals surface area contributed by atoms with Gasteiger partial charge in [0.2, 0.25) is 5.91 Å². The number of carbonyl (C=O) groups excluding carboxylic acids is 1. The molecular formula is C21H14F3N2O. The van der Waals surface area contributed by atoms with E-state index in [-0.39, 0.29) is 5.56 Å². The lowest BCUT2D eigenvalue weighted by molar-refractivity contribution is -0.137. The van der Waals surface area contributed by atoms with E-state index in [4.69, 9.17) is 5.73 Å². The molecule has 0 aliphatic heterocycles. The van der Waals surface area contributed by atoms with E-state index in [2.05, 4.69) is 6.07 Å². The first-order valence-electron chi connectivity index (χ1n) is 8.24. The first-order valence-corrected chi connectivity index (χ1v) is 8.24. The zero-order chi connectivity index (χ0) is 19.2. The Balaban J connectivity index is 2.07. The fraction of sp³-hybridized carbons (Fsp3) is 0.0952. The molecule has 27 heavy (non-hydrogen) atoms. The van der Waals surface area contributed by atoms with Gasteiger partial charge in [0.15, 0.2) is 0 Å². The molecule has 1 aromatic heterocycles. The lowest BCUT2D eigenvalue weighted by Crippen LogP contribution is -2.11. The highest BCUT2D eigenvalue weighted by atomic mass is 19.4. The predicted molar refractivity (Wildman–Crippen MR) is 97.3 cm³/mol. The Bertz CT molecular complexity index is 1160. The first-order chi connectivity index (χ1) is 12.9. The molecular weight excluding hydrogens is 353 g/mol. The van der Waals surface area contributed by atoms with Gasteiger partial charge in [-0.2, -0.15) is 13.2 Å². The fourth-order valence-corrected chi connectivity index (χ4v) is 3.36. The summed E-state index contributed by atoms with van der Waals surface area (Å²) in [5, 5.41) is 0.966. The first kappa shape index (κ1) is 17.1. The zero-order valence-corrected chi connectivity index (χ0v) is 14.0. The van der Waals surface area contributed by atoms with Crippen LogP contribution in [0.3, 0.4) is 0 Å². The molecule has 4 rings (SSSR count). The summed E-state index contributed by atoms with van der Waals surface area (Å²) in [4.78, 5) is 11.9. The third-order valence-corrected chi connectivity index (χ3v) is 4.57. The average molecular weight is 367 g/mol. The van der Waals surface area contributed by atoms with Crippen LogP contribution in [0.25, 0.3) is 21.8 Å². The predicted octanol–water partition coefficient (Wildman–Crippen LogP) is 4.76. The average Bonchev–Trinajstić information content (AvgIpc) is 2.95. The molecule has 0 saturated heterocycles. The second-order valence-corrected chi connectivity index (χ2v) is 6.28. The molecule has 4 aromatic rings. The highest BCUT2D eigenvalue weighted by Gasteiger charge is 2.31. The topological polar surface area (TPSA) is 48.0 Å². The minimum Gasteiger partial charge on any atom is -0.366 e. The van der Waals surface area contributed by atoms with E-state index in [0.717, 1.165) is 17.7 Å². The largest absolute Gasteiger partial charge is 0.416 e. The van der Waals surface area contributed by atoms with Crippen LogP contribution in [0.5, 0.6) is 0 Å². The fourth-order valence-electron chi connectivity index (χ4n) is 3.36. The molecule has 135 valence electrons. The third kappa shape index (κ3) is 2.93. The molecule has 1 heterocycles. The van der Waals surface area contributed by atoms with Crippen molar-refractivity contribution in [2.75, 3.05) is 0 Å². The highest BCUT2D eigenvalue weighted by molar-refractivity contribution is 6.17.